The summed E-state index contributed by atoms with van der Waals surface area (Å²) in [5, 5.41) is 7.11. The summed E-state index contributed by atoms with van der Waals surface area (Å²) < 4.78 is 34.3. The standard InChI is InChI=1S/C15H23N5O3S.ClH/c1-4-16-12(2)9-19-24(21,22)14-7-5-13(6-8-14)23-10-15-17-11-18-20(15)3;/h5-8,11-12,16,19H,4,9-10H2,1-3H3;1H/t12-;/m1./s1. The molecule has 0 radical (unpaired) electrons. The molecule has 0 amide bonds. The summed E-state index contributed by atoms with van der Waals surface area (Å²) in [6.07, 6.45) is 1.45. The van der Waals surface area contributed by atoms with Crippen molar-refractivity contribution in [1.82, 2.24) is 24.8 Å². The number of rotatable bonds is 9. The molecule has 2 N–H and O–H groups in total. The molecule has 1 atom stereocenters. The first-order valence-electron chi connectivity index (χ1n) is 7.71. The maximum atomic E-state index is 12.2. The van der Waals surface area contributed by atoms with E-state index in [0.717, 1.165) is 6.54 Å². The maximum Gasteiger partial charge on any atom is 0.240 e. The SMILES string of the molecule is CCN[C@H](C)CNS(=O)(=O)c1ccc(OCc2ncnn2C)cc1.Cl. The van der Waals surface area contributed by atoms with Gasteiger partial charge in [-0.3, -0.25) is 4.68 Å². The van der Waals surface area contributed by atoms with E-state index in [-0.39, 0.29) is 30.0 Å². The highest BCUT2D eigenvalue weighted by Crippen LogP contribution is 2.16. The van der Waals surface area contributed by atoms with E-state index in [4.69, 9.17) is 4.74 Å². The highest BCUT2D eigenvalue weighted by molar-refractivity contribution is 7.89. The van der Waals surface area contributed by atoms with E-state index in [2.05, 4.69) is 20.1 Å². The molecule has 0 spiro atoms. The Morgan fingerprint density at radius 1 is 1.28 bits per heavy atom. The zero-order valence-electron chi connectivity index (χ0n) is 14.5. The summed E-state index contributed by atoms with van der Waals surface area (Å²) in [5.74, 6) is 1.25. The monoisotopic (exact) mass is 389 g/mol. The quantitative estimate of drug-likeness (QED) is 0.666. The average Bonchev–Trinajstić information content (AvgIpc) is 2.97. The second-order valence-corrected chi connectivity index (χ2v) is 7.14. The van der Waals surface area contributed by atoms with Crippen molar-refractivity contribution in [2.24, 2.45) is 7.05 Å². The highest BCUT2D eigenvalue weighted by atomic mass is 35.5. The molecule has 0 aliphatic rings. The minimum absolute atomic E-state index is 0. The van der Waals surface area contributed by atoms with Crippen molar-refractivity contribution in [1.29, 1.82) is 0 Å². The number of ether oxygens (including phenoxy) is 1. The lowest BCUT2D eigenvalue weighted by atomic mass is 10.3. The van der Waals surface area contributed by atoms with E-state index in [1.54, 1.807) is 23.9 Å². The fourth-order valence-electron chi connectivity index (χ4n) is 2.05. The zero-order chi connectivity index (χ0) is 17.6. The molecule has 25 heavy (non-hydrogen) atoms. The van der Waals surface area contributed by atoms with E-state index in [1.807, 2.05) is 13.8 Å². The summed E-state index contributed by atoms with van der Waals surface area (Å²) in [6, 6.07) is 6.36. The normalized spacial score (nSPS) is 12.4. The first-order chi connectivity index (χ1) is 11.4. The number of nitrogens with zero attached hydrogens (tertiary/aromatic N) is 3. The second-order valence-electron chi connectivity index (χ2n) is 5.37. The molecule has 2 aromatic rings. The van der Waals surface area contributed by atoms with Gasteiger partial charge >= 0.3 is 0 Å². The lowest BCUT2D eigenvalue weighted by molar-refractivity contribution is 0.289. The van der Waals surface area contributed by atoms with Crippen molar-refractivity contribution >= 4 is 22.4 Å². The van der Waals surface area contributed by atoms with E-state index in [0.29, 0.717) is 18.1 Å². The number of hydrogen-bond acceptors (Lipinski definition) is 6. The van der Waals surface area contributed by atoms with Gasteiger partial charge in [-0.1, -0.05) is 6.92 Å². The summed E-state index contributed by atoms with van der Waals surface area (Å²) in [6.45, 7) is 5.29. The van der Waals surface area contributed by atoms with Crippen molar-refractivity contribution in [3.63, 3.8) is 0 Å². The van der Waals surface area contributed by atoms with Crippen molar-refractivity contribution < 1.29 is 13.2 Å². The molecule has 0 bridgehead atoms. The van der Waals surface area contributed by atoms with Crippen LogP contribution in [0, 0.1) is 0 Å². The molecule has 140 valence electrons. The third-order valence-corrected chi connectivity index (χ3v) is 4.88. The predicted octanol–water partition coefficient (Wildman–Crippen LogP) is 1.09. The zero-order valence-corrected chi connectivity index (χ0v) is 16.1. The predicted molar refractivity (Wildman–Crippen MR) is 97.4 cm³/mol. The van der Waals surface area contributed by atoms with Crippen LogP contribution < -0.4 is 14.8 Å². The van der Waals surface area contributed by atoms with Crippen LogP contribution in [0.25, 0.3) is 0 Å². The Hall–Kier alpha value is -1.68. The number of benzene rings is 1. The molecule has 0 unspecified atom stereocenters. The van der Waals surface area contributed by atoms with Crippen LogP contribution in [0.15, 0.2) is 35.5 Å². The lowest BCUT2D eigenvalue weighted by Crippen LogP contribution is -2.38. The Balaban J connectivity index is 0.00000312. The van der Waals surface area contributed by atoms with Crippen molar-refractivity contribution in [2.45, 2.75) is 31.4 Å². The number of sulfonamides is 1. The van der Waals surface area contributed by atoms with Gasteiger partial charge in [-0.2, -0.15) is 5.10 Å². The Labute approximate surface area is 154 Å². The van der Waals surface area contributed by atoms with Gasteiger partial charge in [0, 0.05) is 19.6 Å². The number of likely N-dealkylation sites (N-methyl/N-ethyl adjacent to an activating group) is 1. The third-order valence-electron chi connectivity index (χ3n) is 3.44. The van der Waals surface area contributed by atoms with Gasteiger partial charge in [-0.05, 0) is 37.7 Å². The first-order valence-corrected chi connectivity index (χ1v) is 9.19. The topological polar surface area (TPSA) is 98.1 Å². The van der Waals surface area contributed by atoms with E-state index >= 15 is 0 Å². The highest BCUT2D eigenvalue weighted by Gasteiger charge is 2.15. The van der Waals surface area contributed by atoms with Crippen LogP contribution in [0.5, 0.6) is 5.75 Å². The Kier molecular flexibility index (Phi) is 8.30. The number of hydrogen-bond donors (Lipinski definition) is 2. The molecule has 0 fully saturated rings. The molecule has 1 heterocycles. The van der Waals surface area contributed by atoms with Crippen LogP contribution in [0.3, 0.4) is 0 Å². The largest absolute Gasteiger partial charge is 0.486 e. The molecule has 0 saturated heterocycles. The first kappa shape index (κ1) is 21.4. The number of aromatic nitrogens is 3. The minimum atomic E-state index is -3.53. The fraction of sp³-hybridized carbons (Fsp3) is 0.467. The van der Waals surface area contributed by atoms with Crippen LogP contribution in [-0.4, -0.2) is 42.3 Å². The molecule has 0 saturated carbocycles. The van der Waals surface area contributed by atoms with Gasteiger partial charge in [0.05, 0.1) is 4.90 Å². The van der Waals surface area contributed by atoms with E-state index in [9.17, 15) is 8.42 Å². The van der Waals surface area contributed by atoms with Crippen molar-refractivity contribution in [3.05, 3.63) is 36.4 Å². The molecular formula is C15H24ClN5O3S. The summed E-state index contributed by atoms with van der Waals surface area (Å²) >= 11 is 0. The van der Waals surface area contributed by atoms with Crippen LogP contribution in [-0.2, 0) is 23.7 Å². The third kappa shape index (κ3) is 6.28. The summed E-state index contributed by atoms with van der Waals surface area (Å²) in [7, 11) is -1.75. The van der Waals surface area contributed by atoms with Crippen LogP contribution in [0.2, 0.25) is 0 Å². The van der Waals surface area contributed by atoms with Crippen LogP contribution in [0.1, 0.15) is 19.7 Å². The van der Waals surface area contributed by atoms with Crippen LogP contribution >= 0.6 is 12.4 Å². The molecule has 0 aliphatic carbocycles. The maximum absolute atomic E-state index is 12.2. The number of nitrogens with one attached hydrogen (secondary N) is 2. The lowest BCUT2D eigenvalue weighted by Gasteiger charge is -2.13. The van der Waals surface area contributed by atoms with Crippen molar-refractivity contribution in [3.8, 4) is 5.75 Å². The average molecular weight is 390 g/mol. The van der Waals surface area contributed by atoms with Gasteiger partial charge in [0.2, 0.25) is 10.0 Å². The van der Waals surface area contributed by atoms with Gasteiger partial charge in [0.25, 0.3) is 0 Å². The van der Waals surface area contributed by atoms with E-state index in [1.165, 1.54) is 18.5 Å². The van der Waals surface area contributed by atoms with Crippen molar-refractivity contribution in [2.75, 3.05) is 13.1 Å². The second kappa shape index (κ2) is 9.71. The molecule has 8 nitrogen and oxygen atoms in total. The number of halogens is 1. The fourth-order valence-corrected chi connectivity index (χ4v) is 3.18. The summed E-state index contributed by atoms with van der Waals surface area (Å²) in [5.41, 5.74) is 0. The molecule has 1 aromatic carbocycles. The molecule has 0 aliphatic heterocycles. The Bertz CT molecular complexity index is 749. The van der Waals surface area contributed by atoms with Gasteiger partial charge in [-0.25, -0.2) is 18.1 Å². The van der Waals surface area contributed by atoms with Gasteiger partial charge < -0.3 is 10.1 Å². The molecular weight excluding hydrogens is 366 g/mol. The van der Waals surface area contributed by atoms with Gasteiger partial charge in [0.1, 0.15) is 18.7 Å². The Morgan fingerprint density at radius 3 is 2.52 bits per heavy atom. The Morgan fingerprint density at radius 2 is 1.96 bits per heavy atom. The van der Waals surface area contributed by atoms with E-state index < -0.39 is 10.0 Å². The molecule has 2 rings (SSSR count). The van der Waals surface area contributed by atoms with Gasteiger partial charge in [-0.15, -0.1) is 12.4 Å². The number of aryl methyl sites for hydroxylation is 1. The molecule has 1 aromatic heterocycles. The van der Waals surface area contributed by atoms with Crippen LogP contribution in [0.4, 0.5) is 0 Å². The minimum Gasteiger partial charge on any atom is -0.486 e. The summed E-state index contributed by atoms with van der Waals surface area (Å²) in [4.78, 5) is 4.26. The van der Waals surface area contributed by atoms with Gasteiger partial charge in [0.15, 0.2) is 5.82 Å². The molecule has 10 heteroatoms. The smallest absolute Gasteiger partial charge is 0.240 e.